The van der Waals surface area contributed by atoms with Crippen LogP contribution < -0.4 is 16.0 Å². The number of ether oxygens (including phenoxy) is 1. The molecule has 3 aromatic rings. The minimum Gasteiger partial charge on any atom is -0.474 e. The zero-order valence-corrected chi connectivity index (χ0v) is 30.0. The Morgan fingerprint density at radius 3 is 2.22 bits per heavy atom. The average molecular weight is 706 g/mol. The number of hydrogen-bond donors (Lipinski definition) is 3. The van der Waals surface area contributed by atoms with Crippen molar-refractivity contribution in [3.05, 3.63) is 68.1 Å². The zero-order valence-electron chi connectivity index (χ0n) is 28.3. The Labute approximate surface area is 294 Å². The van der Waals surface area contributed by atoms with Gasteiger partial charge < -0.3 is 25.6 Å². The summed E-state index contributed by atoms with van der Waals surface area (Å²) >= 11 is 2.61. The van der Waals surface area contributed by atoms with Crippen molar-refractivity contribution >= 4 is 52.2 Å². The van der Waals surface area contributed by atoms with Gasteiger partial charge in [0.1, 0.15) is 39.6 Å². The first-order valence-corrected chi connectivity index (χ1v) is 18.7. The quantitative estimate of drug-likeness (QED) is 0.354. The number of carbonyl (C=O) groups excluding carboxylic acids is 4. The minimum atomic E-state index is -0.885. The van der Waals surface area contributed by atoms with Crippen LogP contribution in [0, 0.1) is 11.8 Å². The van der Waals surface area contributed by atoms with E-state index >= 15 is 0 Å². The van der Waals surface area contributed by atoms with Crippen LogP contribution in [0.2, 0.25) is 0 Å². The molecule has 6 bridgehead atoms. The molecule has 49 heavy (non-hydrogen) atoms. The monoisotopic (exact) mass is 705 g/mol. The predicted octanol–water partition coefficient (Wildman–Crippen LogP) is 4.46. The molecule has 0 spiro atoms. The zero-order chi connectivity index (χ0) is 34.8. The Hall–Kier alpha value is -4.17. The van der Waals surface area contributed by atoms with Crippen LogP contribution in [-0.2, 0) is 20.7 Å². The number of rotatable bonds is 5. The third-order valence-electron chi connectivity index (χ3n) is 9.50. The van der Waals surface area contributed by atoms with Crippen molar-refractivity contribution < 1.29 is 23.9 Å². The molecule has 1 aromatic carbocycles. The molecular weight excluding hydrogens is 663 g/mol. The summed E-state index contributed by atoms with van der Waals surface area (Å²) in [6.07, 6.45) is 1.84. The number of carbonyl (C=O) groups is 4. The molecule has 3 aliphatic heterocycles. The van der Waals surface area contributed by atoms with Crippen LogP contribution >= 0.6 is 22.7 Å². The SMILES string of the molecule is CC[C@H](C)[C@H]1NC(=O)c2csc(n2)[C@H](C(C)C)NC(=O)[C@H]2N=C(O[C@@H]2C)[C@@H]2CCCN2C(=O)[C@H](Cc2ccccc2)NC(=O)c2csc1n2. The Kier molecular flexibility index (Phi) is 10.4. The summed E-state index contributed by atoms with van der Waals surface area (Å²) in [5.74, 6) is -1.07. The maximum Gasteiger partial charge on any atom is 0.271 e. The minimum absolute atomic E-state index is 0.00816. The van der Waals surface area contributed by atoms with Crippen molar-refractivity contribution in [3.63, 3.8) is 0 Å². The van der Waals surface area contributed by atoms with Gasteiger partial charge in [-0.15, -0.1) is 22.7 Å². The maximum absolute atomic E-state index is 14.3. The first-order chi connectivity index (χ1) is 23.5. The van der Waals surface area contributed by atoms with Crippen molar-refractivity contribution in [2.45, 2.75) is 96.6 Å². The highest BCUT2D eigenvalue weighted by Gasteiger charge is 2.43. The molecule has 3 N–H and O–H groups in total. The molecular formula is C35H43N7O5S2. The topological polar surface area (TPSA) is 155 Å². The van der Waals surface area contributed by atoms with Crippen LogP contribution in [0.25, 0.3) is 0 Å². The molecule has 1 saturated heterocycles. The van der Waals surface area contributed by atoms with E-state index in [0.29, 0.717) is 28.9 Å². The van der Waals surface area contributed by atoms with E-state index < -0.39 is 42.2 Å². The predicted molar refractivity (Wildman–Crippen MR) is 188 cm³/mol. The Balaban J connectivity index is 1.39. The summed E-state index contributed by atoms with van der Waals surface area (Å²) in [6.45, 7) is 10.3. The van der Waals surface area contributed by atoms with E-state index in [2.05, 4.69) is 25.9 Å². The Bertz CT molecular complexity index is 1720. The van der Waals surface area contributed by atoms with E-state index in [1.54, 1.807) is 22.6 Å². The number of thiazole rings is 2. The Morgan fingerprint density at radius 2 is 1.57 bits per heavy atom. The summed E-state index contributed by atoms with van der Waals surface area (Å²) in [5, 5.41) is 13.7. The number of nitrogens with one attached hydrogen (secondary N) is 3. The van der Waals surface area contributed by atoms with E-state index in [-0.39, 0.29) is 47.4 Å². The second kappa shape index (κ2) is 14.8. The lowest BCUT2D eigenvalue weighted by atomic mass is 9.99. The van der Waals surface area contributed by atoms with Gasteiger partial charge in [0.15, 0.2) is 6.04 Å². The van der Waals surface area contributed by atoms with Gasteiger partial charge in [0.25, 0.3) is 11.8 Å². The summed E-state index contributed by atoms with van der Waals surface area (Å²) in [4.78, 5) is 71.1. The lowest BCUT2D eigenvalue weighted by Gasteiger charge is -2.29. The molecule has 5 heterocycles. The molecule has 1 fully saturated rings. The normalized spacial score (nSPS) is 27.0. The van der Waals surface area contributed by atoms with Gasteiger partial charge in [-0.25, -0.2) is 15.0 Å². The van der Waals surface area contributed by atoms with E-state index in [9.17, 15) is 19.2 Å². The van der Waals surface area contributed by atoms with Crippen LogP contribution in [0.4, 0.5) is 0 Å². The van der Waals surface area contributed by atoms with Gasteiger partial charge in [0.05, 0.1) is 12.1 Å². The highest BCUT2D eigenvalue weighted by atomic mass is 32.1. The second-order valence-corrected chi connectivity index (χ2v) is 15.1. The number of nitrogens with zero attached hydrogens (tertiary/aromatic N) is 4. The van der Waals surface area contributed by atoms with E-state index in [4.69, 9.17) is 9.73 Å². The highest BCUT2D eigenvalue weighted by molar-refractivity contribution is 7.10. The van der Waals surface area contributed by atoms with Crippen molar-refractivity contribution in [3.8, 4) is 0 Å². The number of amides is 4. The fourth-order valence-corrected chi connectivity index (χ4v) is 8.46. The van der Waals surface area contributed by atoms with Gasteiger partial charge in [0, 0.05) is 23.7 Å². The van der Waals surface area contributed by atoms with E-state index in [1.165, 1.54) is 22.7 Å². The van der Waals surface area contributed by atoms with Gasteiger partial charge in [-0.05, 0) is 37.2 Å². The van der Waals surface area contributed by atoms with Crippen molar-refractivity contribution in [1.82, 2.24) is 30.8 Å². The summed E-state index contributed by atoms with van der Waals surface area (Å²) in [7, 11) is 0. The summed E-state index contributed by atoms with van der Waals surface area (Å²) < 4.78 is 6.17. The average Bonchev–Trinajstić information content (AvgIpc) is 3.91. The van der Waals surface area contributed by atoms with Crippen molar-refractivity contribution in [2.24, 2.45) is 16.8 Å². The maximum atomic E-state index is 14.3. The standard InChI is InChI=1S/C35H43N7O5S2/c1-6-19(4)27-34-38-23(16-49-34)29(43)36-22(15-21-11-8-7-9-12-21)35(46)42-14-10-13-25(42)32-41-28(20(5)47-32)31(45)39-26(18(2)3)33-37-24(17-48-33)30(44)40-27/h7-9,11-12,16-20,22,25-28H,6,10,13-15H2,1-5H3,(H,36,43)(H,39,45)(H,40,44)/t19-,20+,22-,25-,26-,27+,28-/m0/s1. The smallest absolute Gasteiger partial charge is 0.271 e. The first kappa shape index (κ1) is 34.7. The number of fused-ring (bicyclic) bond motifs is 7. The largest absolute Gasteiger partial charge is 0.474 e. The van der Waals surface area contributed by atoms with E-state index in [0.717, 1.165) is 18.4 Å². The van der Waals surface area contributed by atoms with Crippen LogP contribution in [0.1, 0.15) is 103 Å². The fraction of sp³-hybridized carbons (Fsp3) is 0.514. The third kappa shape index (κ3) is 7.40. The number of aromatic nitrogens is 2. The summed E-state index contributed by atoms with van der Waals surface area (Å²) in [6, 6.07) is 6.46. The molecule has 0 unspecified atom stereocenters. The van der Waals surface area contributed by atoms with E-state index in [1.807, 2.05) is 58.0 Å². The molecule has 260 valence electrons. The number of aliphatic imine (C=N–C) groups is 1. The molecule has 12 nitrogen and oxygen atoms in total. The van der Waals surface area contributed by atoms with Crippen LogP contribution in [0.5, 0.6) is 0 Å². The van der Waals surface area contributed by atoms with Gasteiger partial charge in [-0.2, -0.15) is 0 Å². The number of hydrogen-bond acceptors (Lipinski definition) is 10. The molecule has 0 radical (unpaired) electrons. The van der Waals surface area contributed by atoms with Gasteiger partial charge >= 0.3 is 0 Å². The first-order valence-electron chi connectivity index (χ1n) is 17.0. The second-order valence-electron chi connectivity index (χ2n) is 13.3. The van der Waals surface area contributed by atoms with Crippen LogP contribution in [0.15, 0.2) is 46.1 Å². The third-order valence-corrected chi connectivity index (χ3v) is 11.4. The van der Waals surface area contributed by atoms with Crippen molar-refractivity contribution in [1.29, 1.82) is 0 Å². The molecule has 0 aliphatic carbocycles. The fourth-order valence-electron chi connectivity index (χ4n) is 6.45. The molecule has 6 rings (SSSR count). The summed E-state index contributed by atoms with van der Waals surface area (Å²) in [5.41, 5.74) is 1.32. The molecule has 0 saturated carbocycles. The Morgan fingerprint density at radius 1 is 0.918 bits per heavy atom. The highest BCUT2D eigenvalue weighted by Crippen LogP contribution is 2.31. The van der Waals surface area contributed by atoms with Gasteiger partial charge in [0.2, 0.25) is 17.7 Å². The van der Waals surface area contributed by atoms with Crippen LogP contribution in [-0.4, -0.2) is 75.2 Å². The van der Waals surface area contributed by atoms with Gasteiger partial charge in [-0.1, -0.05) is 64.4 Å². The van der Waals surface area contributed by atoms with Crippen LogP contribution in [0.3, 0.4) is 0 Å². The molecule has 7 atom stereocenters. The van der Waals surface area contributed by atoms with Crippen molar-refractivity contribution in [2.75, 3.05) is 6.54 Å². The lowest BCUT2D eigenvalue weighted by Crippen LogP contribution is -2.52. The number of benzene rings is 1. The molecule has 2 aromatic heterocycles. The molecule has 14 heteroatoms. The van der Waals surface area contributed by atoms with Gasteiger partial charge in [-0.3, -0.25) is 19.2 Å². The molecule has 3 aliphatic rings. The molecule has 4 amide bonds. The lowest BCUT2D eigenvalue weighted by molar-refractivity contribution is -0.133.